The Bertz CT molecular complexity index is 297. The molecular weight excluding hydrogens is 156 g/mol. The van der Waals surface area contributed by atoms with Crippen molar-refractivity contribution in [2.75, 3.05) is 0 Å². The second-order valence-electron chi connectivity index (χ2n) is 3.58. The number of nitrogens with two attached hydrogens (primary N) is 1. The van der Waals surface area contributed by atoms with Gasteiger partial charge in [-0.25, -0.2) is 4.68 Å². The first-order valence-corrected chi connectivity index (χ1v) is 3.64. The van der Waals surface area contributed by atoms with E-state index in [1.165, 1.54) is 0 Å². The van der Waals surface area contributed by atoms with Gasteiger partial charge in [-0.2, -0.15) is 0 Å². The van der Waals surface area contributed by atoms with Crippen LogP contribution in [-0.4, -0.2) is 20.9 Å². The third-order valence-electron chi connectivity index (χ3n) is 1.43. The summed E-state index contributed by atoms with van der Waals surface area (Å²) in [5.41, 5.74) is 5.05. The fourth-order valence-corrected chi connectivity index (χ4v) is 0.705. The molecule has 66 valence electrons. The van der Waals surface area contributed by atoms with Gasteiger partial charge in [-0.3, -0.25) is 4.79 Å². The van der Waals surface area contributed by atoms with Crippen molar-refractivity contribution in [1.82, 2.24) is 15.0 Å². The molecule has 0 aliphatic rings. The van der Waals surface area contributed by atoms with E-state index >= 15 is 0 Å². The van der Waals surface area contributed by atoms with Crippen LogP contribution in [0.2, 0.25) is 0 Å². The smallest absolute Gasteiger partial charge is 0.270 e. The number of carbonyl (C=O) groups excluding carboxylic acids is 1. The average molecular weight is 168 g/mol. The van der Waals surface area contributed by atoms with Gasteiger partial charge < -0.3 is 5.73 Å². The molecule has 0 atom stereocenters. The molecule has 0 fully saturated rings. The highest BCUT2D eigenvalue weighted by molar-refractivity contribution is 5.90. The number of hydrogen-bond acceptors (Lipinski definition) is 3. The lowest BCUT2D eigenvalue weighted by molar-refractivity contribution is 0.0995. The zero-order chi connectivity index (χ0) is 9.35. The van der Waals surface area contributed by atoms with Crippen LogP contribution >= 0.6 is 0 Å². The van der Waals surface area contributed by atoms with Crippen LogP contribution in [0.1, 0.15) is 31.3 Å². The molecular formula is C7H12N4O. The van der Waals surface area contributed by atoms with Crippen LogP contribution in [0.25, 0.3) is 0 Å². The van der Waals surface area contributed by atoms with E-state index in [1.54, 1.807) is 10.9 Å². The molecule has 5 heteroatoms. The molecule has 0 spiro atoms. The Kier molecular flexibility index (Phi) is 1.87. The van der Waals surface area contributed by atoms with Crippen LogP contribution in [0.3, 0.4) is 0 Å². The van der Waals surface area contributed by atoms with Gasteiger partial charge >= 0.3 is 0 Å². The molecule has 1 rings (SSSR count). The van der Waals surface area contributed by atoms with Gasteiger partial charge in [0.25, 0.3) is 5.91 Å². The van der Waals surface area contributed by atoms with Gasteiger partial charge in [0.2, 0.25) is 0 Å². The first-order chi connectivity index (χ1) is 5.41. The minimum atomic E-state index is -0.550. The third kappa shape index (κ3) is 1.61. The second-order valence-corrected chi connectivity index (χ2v) is 3.58. The number of nitrogens with zero attached hydrogens (tertiary/aromatic N) is 3. The van der Waals surface area contributed by atoms with E-state index in [1.807, 2.05) is 20.8 Å². The van der Waals surface area contributed by atoms with Gasteiger partial charge in [-0.1, -0.05) is 5.21 Å². The molecule has 12 heavy (non-hydrogen) atoms. The van der Waals surface area contributed by atoms with Gasteiger partial charge in [0.15, 0.2) is 5.69 Å². The quantitative estimate of drug-likeness (QED) is 0.647. The summed E-state index contributed by atoms with van der Waals surface area (Å²) in [6.07, 6.45) is 1.54. The molecule has 1 aromatic rings. The Morgan fingerprint density at radius 2 is 2.17 bits per heavy atom. The summed E-state index contributed by atoms with van der Waals surface area (Å²) in [7, 11) is 0. The molecule has 0 radical (unpaired) electrons. The van der Waals surface area contributed by atoms with E-state index < -0.39 is 5.91 Å². The predicted molar refractivity (Wildman–Crippen MR) is 43.5 cm³/mol. The molecule has 0 saturated heterocycles. The highest BCUT2D eigenvalue weighted by Crippen LogP contribution is 2.11. The lowest BCUT2D eigenvalue weighted by atomic mass is 10.1. The number of rotatable bonds is 1. The van der Waals surface area contributed by atoms with Crippen LogP contribution in [-0.2, 0) is 5.54 Å². The maximum Gasteiger partial charge on any atom is 0.270 e. The largest absolute Gasteiger partial charge is 0.364 e. The SMILES string of the molecule is CC(C)(C)n1cc(C(N)=O)nn1. The summed E-state index contributed by atoms with van der Waals surface area (Å²) in [5, 5.41) is 7.40. The number of hydrogen-bond donors (Lipinski definition) is 1. The third-order valence-corrected chi connectivity index (χ3v) is 1.43. The van der Waals surface area contributed by atoms with Crippen LogP contribution < -0.4 is 5.73 Å². The minimum Gasteiger partial charge on any atom is -0.364 e. The van der Waals surface area contributed by atoms with Crippen molar-refractivity contribution in [3.8, 4) is 0 Å². The van der Waals surface area contributed by atoms with Crippen molar-refractivity contribution in [3.05, 3.63) is 11.9 Å². The van der Waals surface area contributed by atoms with Crippen molar-refractivity contribution < 1.29 is 4.79 Å². The van der Waals surface area contributed by atoms with Gasteiger partial charge in [-0.05, 0) is 20.8 Å². The van der Waals surface area contributed by atoms with E-state index in [4.69, 9.17) is 5.73 Å². The number of carbonyl (C=O) groups is 1. The Morgan fingerprint density at radius 1 is 1.58 bits per heavy atom. The van der Waals surface area contributed by atoms with Crippen molar-refractivity contribution in [2.24, 2.45) is 5.73 Å². The summed E-state index contributed by atoms with van der Waals surface area (Å²) >= 11 is 0. The van der Waals surface area contributed by atoms with E-state index in [-0.39, 0.29) is 11.2 Å². The first-order valence-electron chi connectivity index (χ1n) is 3.64. The minimum absolute atomic E-state index is 0.166. The summed E-state index contributed by atoms with van der Waals surface area (Å²) in [5.74, 6) is -0.550. The predicted octanol–water partition coefficient (Wildman–Crippen LogP) is 0.132. The molecule has 1 heterocycles. The molecule has 2 N–H and O–H groups in total. The maximum atomic E-state index is 10.6. The van der Waals surface area contributed by atoms with Gasteiger partial charge in [0.05, 0.1) is 11.7 Å². The molecule has 0 aromatic carbocycles. The summed E-state index contributed by atoms with van der Waals surface area (Å²) in [6.45, 7) is 5.89. The van der Waals surface area contributed by atoms with Gasteiger partial charge in [-0.15, -0.1) is 5.10 Å². The molecule has 0 bridgehead atoms. The molecule has 0 unspecified atom stereocenters. The molecule has 1 aromatic heterocycles. The molecule has 0 aliphatic heterocycles. The van der Waals surface area contributed by atoms with Crippen molar-refractivity contribution >= 4 is 5.91 Å². The number of amides is 1. The van der Waals surface area contributed by atoms with E-state index in [9.17, 15) is 4.79 Å². The second kappa shape index (κ2) is 2.58. The topological polar surface area (TPSA) is 73.8 Å². The standard InChI is InChI=1S/C7H12N4O/c1-7(2,3)11-4-5(6(8)12)9-10-11/h4H,1-3H3,(H2,8,12). The van der Waals surface area contributed by atoms with Crippen LogP contribution in [0.15, 0.2) is 6.20 Å². The summed E-state index contributed by atoms with van der Waals surface area (Å²) in [6, 6.07) is 0. The van der Waals surface area contributed by atoms with Gasteiger partial charge in [0, 0.05) is 0 Å². The zero-order valence-corrected chi connectivity index (χ0v) is 7.40. The fraction of sp³-hybridized carbons (Fsp3) is 0.571. The van der Waals surface area contributed by atoms with E-state index in [0.717, 1.165) is 0 Å². The van der Waals surface area contributed by atoms with Crippen molar-refractivity contribution in [1.29, 1.82) is 0 Å². The number of primary amides is 1. The lowest BCUT2D eigenvalue weighted by Crippen LogP contribution is -2.22. The highest BCUT2D eigenvalue weighted by atomic mass is 16.1. The fourth-order valence-electron chi connectivity index (χ4n) is 0.705. The van der Waals surface area contributed by atoms with Crippen LogP contribution in [0.4, 0.5) is 0 Å². The van der Waals surface area contributed by atoms with Crippen LogP contribution in [0.5, 0.6) is 0 Å². The van der Waals surface area contributed by atoms with Crippen LogP contribution in [0, 0.1) is 0 Å². The van der Waals surface area contributed by atoms with Gasteiger partial charge in [0.1, 0.15) is 0 Å². The maximum absolute atomic E-state index is 10.6. The Morgan fingerprint density at radius 3 is 2.42 bits per heavy atom. The first kappa shape index (κ1) is 8.70. The Hall–Kier alpha value is -1.39. The monoisotopic (exact) mass is 168 g/mol. The molecule has 5 nitrogen and oxygen atoms in total. The van der Waals surface area contributed by atoms with E-state index in [2.05, 4.69) is 10.3 Å². The van der Waals surface area contributed by atoms with Crippen molar-refractivity contribution in [3.63, 3.8) is 0 Å². The zero-order valence-electron chi connectivity index (χ0n) is 7.40. The average Bonchev–Trinajstić information content (AvgIpc) is 2.30. The molecule has 0 aliphatic carbocycles. The van der Waals surface area contributed by atoms with E-state index in [0.29, 0.717) is 0 Å². The Balaban J connectivity index is 3.00. The molecule has 0 saturated carbocycles. The summed E-state index contributed by atoms with van der Waals surface area (Å²) < 4.78 is 1.60. The highest BCUT2D eigenvalue weighted by Gasteiger charge is 2.16. The Labute approximate surface area is 70.6 Å². The molecule has 1 amide bonds. The normalized spacial score (nSPS) is 11.6. The lowest BCUT2D eigenvalue weighted by Gasteiger charge is -2.17. The summed E-state index contributed by atoms with van der Waals surface area (Å²) in [4.78, 5) is 10.6. The number of aromatic nitrogens is 3. The van der Waals surface area contributed by atoms with Crippen molar-refractivity contribution in [2.45, 2.75) is 26.3 Å².